The molecule has 3 aromatic rings. The molecule has 4 nitrogen and oxygen atoms in total. The minimum Gasteiger partial charge on any atom is -0.354 e. The molecule has 1 N–H and O–H groups in total. The van der Waals surface area contributed by atoms with Gasteiger partial charge in [-0.2, -0.15) is 0 Å². The van der Waals surface area contributed by atoms with Crippen molar-refractivity contribution >= 4 is 35.2 Å². The van der Waals surface area contributed by atoms with E-state index >= 15 is 0 Å². The molecule has 0 spiro atoms. The van der Waals surface area contributed by atoms with Gasteiger partial charge in [-0.3, -0.25) is 9.59 Å². The lowest BCUT2D eigenvalue weighted by Crippen LogP contribution is -2.51. The van der Waals surface area contributed by atoms with Crippen LogP contribution in [-0.4, -0.2) is 35.1 Å². The van der Waals surface area contributed by atoms with Crippen LogP contribution in [0.2, 0.25) is 5.02 Å². The lowest BCUT2D eigenvalue weighted by atomic mass is 10.0. The minimum absolute atomic E-state index is 0.0737. The molecule has 3 rings (SSSR count). The van der Waals surface area contributed by atoms with E-state index in [-0.39, 0.29) is 17.6 Å². The SMILES string of the molecule is CCCCNC(=O)[C@H](Cc1ccccc1)N(Cc1ccccc1)C(=O)CSc1ccc(Cl)cc1. The Morgan fingerprint density at radius 1 is 0.912 bits per heavy atom. The fourth-order valence-electron chi connectivity index (χ4n) is 3.60. The van der Waals surface area contributed by atoms with E-state index in [2.05, 4.69) is 12.2 Å². The summed E-state index contributed by atoms with van der Waals surface area (Å²) in [6.07, 6.45) is 2.36. The van der Waals surface area contributed by atoms with E-state index in [1.165, 1.54) is 11.8 Å². The Balaban J connectivity index is 1.85. The van der Waals surface area contributed by atoms with Crippen molar-refractivity contribution in [3.05, 3.63) is 101 Å². The number of carbonyl (C=O) groups is 2. The van der Waals surface area contributed by atoms with E-state index in [9.17, 15) is 9.59 Å². The minimum atomic E-state index is -0.599. The normalized spacial score (nSPS) is 11.6. The zero-order valence-electron chi connectivity index (χ0n) is 19.5. The summed E-state index contributed by atoms with van der Waals surface area (Å²) in [5.74, 6) is 0.0515. The number of amides is 2. The number of unbranched alkanes of at least 4 members (excludes halogenated alkanes) is 1. The zero-order chi connectivity index (χ0) is 24.2. The highest BCUT2D eigenvalue weighted by Gasteiger charge is 2.30. The van der Waals surface area contributed by atoms with Crippen LogP contribution in [0.15, 0.2) is 89.8 Å². The molecular formula is C28H31ClN2O2S. The van der Waals surface area contributed by atoms with Gasteiger partial charge < -0.3 is 10.2 Å². The molecule has 0 heterocycles. The number of hydrogen-bond acceptors (Lipinski definition) is 3. The van der Waals surface area contributed by atoms with E-state index < -0.39 is 6.04 Å². The van der Waals surface area contributed by atoms with Gasteiger partial charge in [-0.1, -0.05) is 85.6 Å². The summed E-state index contributed by atoms with van der Waals surface area (Å²) >= 11 is 7.44. The first kappa shape index (κ1) is 25.9. The molecule has 0 unspecified atom stereocenters. The number of nitrogens with zero attached hydrogens (tertiary/aromatic N) is 1. The summed E-state index contributed by atoms with van der Waals surface area (Å²) in [5.41, 5.74) is 2.01. The van der Waals surface area contributed by atoms with Crippen LogP contribution in [0.4, 0.5) is 0 Å². The molecule has 178 valence electrons. The van der Waals surface area contributed by atoms with Gasteiger partial charge in [0.2, 0.25) is 11.8 Å². The molecule has 34 heavy (non-hydrogen) atoms. The molecule has 0 aliphatic heterocycles. The van der Waals surface area contributed by atoms with Crippen LogP contribution in [0.5, 0.6) is 0 Å². The molecule has 3 aromatic carbocycles. The summed E-state index contributed by atoms with van der Waals surface area (Å²) in [6.45, 7) is 3.07. The number of halogens is 1. The molecular weight excluding hydrogens is 464 g/mol. The van der Waals surface area contributed by atoms with Gasteiger partial charge in [0, 0.05) is 29.4 Å². The molecule has 0 radical (unpaired) electrons. The third-order valence-corrected chi connectivity index (χ3v) is 6.72. The average Bonchev–Trinajstić information content (AvgIpc) is 2.87. The number of hydrogen-bond donors (Lipinski definition) is 1. The zero-order valence-corrected chi connectivity index (χ0v) is 21.0. The van der Waals surface area contributed by atoms with Crippen molar-refractivity contribution in [3.63, 3.8) is 0 Å². The Bertz CT molecular complexity index is 1030. The van der Waals surface area contributed by atoms with Crippen molar-refractivity contribution in [3.8, 4) is 0 Å². The Hall–Kier alpha value is -2.76. The van der Waals surface area contributed by atoms with Crippen molar-refractivity contribution in [1.82, 2.24) is 10.2 Å². The lowest BCUT2D eigenvalue weighted by Gasteiger charge is -2.31. The first-order valence-corrected chi connectivity index (χ1v) is 13.0. The maximum Gasteiger partial charge on any atom is 0.243 e. The molecule has 0 aromatic heterocycles. The smallest absolute Gasteiger partial charge is 0.243 e. The van der Waals surface area contributed by atoms with Gasteiger partial charge in [-0.05, 0) is 41.8 Å². The van der Waals surface area contributed by atoms with Crippen LogP contribution in [0.25, 0.3) is 0 Å². The summed E-state index contributed by atoms with van der Waals surface area (Å²) in [7, 11) is 0. The Kier molecular flexibility index (Phi) is 10.5. The second-order valence-corrected chi connectivity index (χ2v) is 9.59. The largest absolute Gasteiger partial charge is 0.354 e. The highest BCUT2D eigenvalue weighted by Crippen LogP contribution is 2.22. The van der Waals surface area contributed by atoms with Crippen molar-refractivity contribution in [2.24, 2.45) is 0 Å². The van der Waals surface area contributed by atoms with E-state index in [0.717, 1.165) is 28.9 Å². The van der Waals surface area contributed by atoms with Gasteiger partial charge in [0.05, 0.1) is 5.75 Å². The second kappa shape index (κ2) is 13.8. The van der Waals surface area contributed by atoms with Crippen LogP contribution >= 0.6 is 23.4 Å². The number of nitrogens with one attached hydrogen (secondary N) is 1. The number of thioether (sulfide) groups is 1. The highest BCUT2D eigenvalue weighted by molar-refractivity contribution is 8.00. The Labute approximate surface area is 211 Å². The summed E-state index contributed by atoms with van der Waals surface area (Å²) in [5, 5.41) is 3.71. The van der Waals surface area contributed by atoms with Crippen LogP contribution in [-0.2, 0) is 22.6 Å². The van der Waals surface area contributed by atoms with Gasteiger partial charge in [-0.15, -0.1) is 11.8 Å². The predicted octanol–water partition coefficient (Wildman–Crippen LogP) is 5.99. The van der Waals surface area contributed by atoms with Crippen molar-refractivity contribution < 1.29 is 9.59 Å². The Morgan fingerprint density at radius 3 is 2.15 bits per heavy atom. The number of carbonyl (C=O) groups excluding carboxylic acids is 2. The molecule has 0 aliphatic rings. The van der Waals surface area contributed by atoms with Crippen LogP contribution in [0, 0.1) is 0 Å². The molecule has 1 atom stereocenters. The van der Waals surface area contributed by atoms with Gasteiger partial charge in [0.15, 0.2) is 0 Å². The van der Waals surface area contributed by atoms with Gasteiger partial charge in [-0.25, -0.2) is 0 Å². The highest BCUT2D eigenvalue weighted by atomic mass is 35.5. The van der Waals surface area contributed by atoms with Gasteiger partial charge in [0.1, 0.15) is 6.04 Å². The summed E-state index contributed by atoms with van der Waals surface area (Å²) in [6, 6.07) is 26.5. The van der Waals surface area contributed by atoms with E-state index in [0.29, 0.717) is 24.5 Å². The van der Waals surface area contributed by atoms with Crippen molar-refractivity contribution in [1.29, 1.82) is 0 Å². The fraction of sp³-hybridized carbons (Fsp3) is 0.286. The first-order chi connectivity index (χ1) is 16.6. The predicted molar refractivity (Wildman–Crippen MR) is 141 cm³/mol. The maximum atomic E-state index is 13.6. The number of rotatable bonds is 12. The van der Waals surface area contributed by atoms with E-state index in [1.54, 1.807) is 4.90 Å². The molecule has 0 bridgehead atoms. The maximum absolute atomic E-state index is 13.6. The standard InChI is InChI=1S/C28H31ClN2O2S/c1-2-3-18-30-28(33)26(19-22-10-6-4-7-11-22)31(20-23-12-8-5-9-13-23)27(32)21-34-25-16-14-24(29)15-17-25/h4-17,26H,2-3,18-21H2,1H3,(H,30,33)/t26-/m0/s1. The van der Waals surface area contributed by atoms with Crippen molar-refractivity contribution in [2.45, 2.75) is 43.7 Å². The summed E-state index contributed by atoms with van der Waals surface area (Å²) < 4.78 is 0. The molecule has 0 fully saturated rings. The Morgan fingerprint density at radius 2 is 1.53 bits per heavy atom. The van der Waals surface area contributed by atoms with Crippen LogP contribution in [0.3, 0.4) is 0 Å². The van der Waals surface area contributed by atoms with E-state index in [1.807, 2.05) is 84.9 Å². The monoisotopic (exact) mass is 494 g/mol. The number of benzene rings is 3. The van der Waals surface area contributed by atoms with Crippen LogP contribution < -0.4 is 5.32 Å². The molecule has 0 saturated carbocycles. The molecule has 6 heteroatoms. The van der Waals surface area contributed by atoms with Gasteiger partial charge in [0.25, 0.3) is 0 Å². The van der Waals surface area contributed by atoms with E-state index in [4.69, 9.17) is 11.6 Å². The third-order valence-electron chi connectivity index (χ3n) is 5.47. The molecule has 0 aliphatic carbocycles. The first-order valence-electron chi connectivity index (χ1n) is 11.6. The second-order valence-electron chi connectivity index (χ2n) is 8.10. The fourth-order valence-corrected chi connectivity index (χ4v) is 4.51. The lowest BCUT2D eigenvalue weighted by molar-refractivity contribution is -0.139. The van der Waals surface area contributed by atoms with Crippen molar-refractivity contribution in [2.75, 3.05) is 12.3 Å². The van der Waals surface area contributed by atoms with Gasteiger partial charge >= 0.3 is 0 Å². The quantitative estimate of drug-likeness (QED) is 0.248. The topological polar surface area (TPSA) is 49.4 Å². The third kappa shape index (κ3) is 8.23. The molecule has 0 saturated heterocycles. The summed E-state index contributed by atoms with van der Waals surface area (Å²) in [4.78, 5) is 29.6. The van der Waals surface area contributed by atoms with Crippen LogP contribution in [0.1, 0.15) is 30.9 Å². The molecule has 2 amide bonds. The average molecular weight is 495 g/mol.